The maximum absolute atomic E-state index is 14.9. The molecule has 1 aliphatic carbocycles. The fourth-order valence-corrected chi connectivity index (χ4v) is 6.11. The van der Waals surface area contributed by atoms with Crippen LogP contribution in [-0.2, 0) is 12.0 Å². The zero-order valence-electron chi connectivity index (χ0n) is 18.4. The van der Waals surface area contributed by atoms with Gasteiger partial charge in [-0.25, -0.2) is 23.7 Å². The maximum Gasteiger partial charge on any atom is 0.272 e. The largest absolute Gasteiger partial charge is 0.463 e. The summed E-state index contributed by atoms with van der Waals surface area (Å²) in [6, 6.07) is 3.09. The summed E-state index contributed by atoms with van der Waals surface area (Å²) in [5.41, 5.74) is 6.02. The van der Waals surface area contributed by atoms with Gasteiger partial charge < -0.3 is 15.6 Å². The smallest absolute Gasteiger partial charge is 0.272 e. The molecule has 35 heavy (non-hydrogen) atoms. The van der Waals surface area contributed by atoms with Crippen molar-refractivity contribution in [2.75, 3.05) is 13.2 Å². The summed E-state index contributed by atoms with van der Waals surface area (Å²) < 4.78 is 48.1. The lowest BCUT2D eigenvalue weighted by Crippen LogP contribution is -2.37. The summed E-state index contributed by atoms with van der Waals surface area (Å²) in [6.45, 7) is 0.615. The summed E-state index contributed by atoms with van der Waals surface area (Å²) in [5, 5.41) is 9.61. The molecule has 4 heterocycles. The van der Waals surface area contributed by atoms with Gasteiger partial charge in [-0.2, -0.15) is 4.39 Å². The number of nitrogens with two attached hydrogens (primary N) is 1. The number of halogens is 3. The van der Waals surface area contributed by atoms with Crippen molar-refractivity contribution in [2.45, 2.75) is 29.6 Å². The van der Waals surface area contributed by atoms with Crippen molar-refractivity contribution < 1.29 is 23.0 Å². The molecule has 1 saturated carbocycles. The van der Waals surface area contributed by atoms with Crippen LogP contribution in [0.25, 0.3) is 11.0 Å². The lowest BCUT2D eigenvalue weighted by atomic mass is 9.85. The highest BCUT2D eigenvalue weighted by Gasteiger charge is 2.87. The second kappa shape index (κ2) is 8.07. The Morgan fingerprint density at radius 1 is 1.29 bits per heavy atom. The van der Waals surface area contributed by atoms with E-state index in [0.29, 0.717) is 34.1 Å². The highest BCUT2D eigenvalue weighted by Crippen LogP contribution is 2.74. The Balaban J connectivity index is 1.52. The number of hydrogen-bond donors (Lipinski definition) is 2. The molecule has 8 nitrogen and oxygen atoms in total. The Bertz CT molecular complexity index is 1410. The third-order valence-corrected chi connectivity index (χ3v) is 7.67. The minimum absolute atomic E-state index is 0.0457. The molecule has 3 aromatic rings. The summed E-state index contributed by atoms with van der Waals surface area (Å²) in [4.78, 5) is 21.1. The van der Waals surface area contributed by atoms with Gasteiger partial charge in [0.05, 0.1) is 29.9 Å². The summed E-state index contributed by atoms with van der Waals surface area (Å²) >= 11 is 0.625. The molecule has 180 valence electrons. The molecule has 1 fully saturated rings. The number of aliphatic hydroxyl groups excluding tert-OH is 1. The second-order valence-electron chi connectivity index (χ2n) is 8.49. The number of hydrogen-bond acceptors (Lipinski definition) is 9. The Hall–Kier alpha value is -3.43. The van der Waals surface area contributed by atoms with Crippen molar-refractivity contribution in [3.63, 3.8) is 0 Å². The zero-order valence-corrected chi connectivity index (χ0v) is 19.2. The minimum Gasteiger partial charge on any atom is -0.463 e. The van der Waals surface area contributed by atoms with Gasteiger partial charge >= 0.3 is 0 Å². The number of fused-ring (bicyclic) bond motifs is 2. The first kappa shape index (κ1) is 23.3. The van der Waals surface area contributed by atoms with Gasteiger partial charge in [-0.15, -0.1) is 6.42 Å². The molecule has 0 radical (unpaired) electrons. The van der Waals surface area contributed by atoms with Crippen LogP contribution in [0.1, 0.15) is 23.7 Å². The molecule has 5 rings (SSSR count). The van der Waals surface area contributed by atoms with Crippen LogP contribution in [0.5, 0.6) is 5.88 Å². The van der Waals surface area contributed by atoms with E-state index >= 15 is 0 Å². The molecule has 12 heteroatoms. The predicted octanol–water partition coefficient (Wildman–Crippen LogP) is 2.43. The Morgan fingerprint density at radius 3 is 2.83 bits per heavy atom. The number of rotatable bonds is 6. The van der Waals surface area contributed by atoms with E-state index in [2.05, 4.69) is 30.8 Å². The molecule has 0 unspecified atom stereocenters. The van der Waals surface area contributed by atoms with Crippen molar-refractivity contribution >= 4 is 28.0 Å². The second-order valence-corrected chi connectivity index (χ2v) is 9.84. The number of aliphatic imine (C=N–C) groups is 1. The molecule has 2 aliphatic rings. The third-order valence-electron chi connectivity index (χ3n) is 6.37. The average molecular weight is 501 g/mol. The first-order valence-corrected chi connectivity index (χ1v) is 11.3. The fourth-order valence-electron chi connectivity index (χ4n) is 4.75. The molecule has 0 spiro atoms. The summed E-state index contributed by atoms with van der Waals surface area (Å²) in [7, 11) is 0. The fraction of sp³-hybridized carbons (Fsp3) is 0.348. The molecule has 0 amide bonds. The number of aromatic nitrogens is 4. The molecule has 3 aromatic heterocycles. The van der Waals surface area contributed by atoms with Crippen molar-refractivity contribution in [3.8, 4) is 18.2 Å². The maximum atomic E-state index is 14.9. The highest BCUT2D eigenvalue weighted by atomic mass is 32.2. The molecular weight excluding hydrogens is 481 g/mol. The summed E-state index contributed by atoms with van der Waals surface area (Å²) in [5.74, 6) is -3.06. The summed E-state index contributed by atoms with van der Waals surface area (Å²) in [6.07, 6.45) is 9.63. The van der Waals surface area contributed by atoms with Gasteiger partial charge in [-0.1, -0.05) is 17.7 Å². The lowest BCUT2D eigenvalue weighted by molar-refractivity contribution is 0.0684. The zero-order chi connectivity index (χ0) is 25.0. The van der Waals surface area contributed by atoms with Crippen LogP contribution in [0.4, 0.5) is 13.2 Å². The van der Waals surface area contributed by atoms with E-state index in [4.69, 9.17) is 16.9 Å². The van der Waals surface area contributed by atoms with E-state index in [9.17, 15) is 18.3 Å². The van der Waals surface area contributed by atoms with Crippen LogP contribution in [-0.4, -0.2) is 54.1 Å². The first-order chi connectivity index (χ1) is 16.7. The Morgan fingerprint density at radius 2 is 2.09 bits per heavy atom. The van der Waals surface area contributed by atoms with Crippen molar-refractivity contribution in [3.05, 3.63) is 53.5 Å². The van der Waals surface area contributed by atoms with Gasteiger partial charge in [0.25, 0.3) is 5.92 Å². The van der Waals surface area contributed by atoms with Crippen molar-refractivity contribution in [1.29, 1.82) is 0 Å². The molecule has 0 aromatic carbocycles. The topological polar surface area (TPSA) is 119 Å². The van der Waals surface area contributed by atoms with E-state index < -0.39 is 34.7 Å². The van der Waals surface area contributed by atoms with Crippen LogP contribution < -0.4 is 10.5 Å². The molecule has 0 saturated heterocycles. The lowest BCUT2D eigenvalue weighted by Gasteiger charge is -2.31. The standard InChI is InChI=1S/C23H19F3N6O2S/c1-3-6-34-16-10-29-17-14(31-16)4-5-28-15(17)8-12-7-13(18(24)30-9-12)21(2)19-22(11-33,23(19,25)26)35-20(27)32-21/h1,4-5,7,9-10,19,33H,6,8,11H2,2H3,(H2,27,32)/t19-,21+,22+/m0/s1. The Kier molecular flexibility index (Phi) is 5.37. The van der Waals surface area contributed by atoms with E-state index in [1.807, 2.05) is 0 Å². The molecule has 3 atom stereocenters. The molecule has 1 aliphatic heterocycles. The molecular formula is C23H19F3N6O2S. The van der Waals surface area contributed by atoms with Gasteiger partial charge in [0.2, 0.25) is 11.8 Å². The Labute approximate surface area is 202 Å². The highest BCUT2D eigenvalue weighted by molar-refractivity contribution is 8.15. The van der Waals surface area contributed by atoms with Crippen LogP contribution in [0.15, 0.2) is 35.7 Å². The van der Waals surface area contributed by atoms with Crippen molar-refractivity contribution in [1.82, 2.24) is 19.9 Å². The van der Waals surface area contributed by atoms with Gasteiger partial charge in [-0.05, 0) is 24.6 Å². The first-order valence-electron chi connectivity index (χ1n) is 10.5. The number of alkyl halides is 2. The van der Waals surface area contributed by atoms with Gasteiger partial charge in [0.15, 0.2) is 11.8 Å². The number of nitrogens with zero attached hydrogens (tertiary/aromatic N) is 5. The number of thioether (sulfide) groups is 1. The van der Waals surface area contributed by atoms with Gasteiger partial charge in [-0.3, -0.25) is 9.98 Å². The quantitative estimate of drug-likeness (QED) is 0.391. The van der Waals surface area contributed by atoms with E-state index in [-0.39, 0.29) is 29.6 Å². The van der Waals surface area contributed by atoms with Crippen LogP contribution in [0.3, 0.4) is 0 Å². The van der Waals surface area contributed by atoms with E-state index in [0.717, 1.165) is 0 Å². The van der Waals surface area contributed by atoms with E-state index in [1.165, 1.54) is 25.4 Å². The number of ether oxygens (including phenoxy) is 1. The van der Waals surface area contributed by atoms with Crippen LogP contribution in [0.2, 0.25) is 0 Å². The average Bonchev–Trinajstić information content (AvgIpc) is 3.34. The van der Waals surface area contributed by atoms with E-state index in [1.54, 1.807) is 12.3 Å². The van der Waals surface area contributed by atoms with Crippen LogP contribution in [0, 0.1) is 24.2 Å². The monoisotopic (exact) mass is 500 g/mol. The normalized spacial score (nSPS) is 26.5. The third kappa shape index (κ3) is 3.49. The van der Waals surface area contributed by atoms with Gasteiger partial charge in [0, 0.05) is 24.4 Å². The number of aliphatic hydroxyl groups is 1. The number of pyridine rings is 2. The number of terminal acetylenes is 1. The van der Waals surface area contributed by atoms with Crippen LogP contribution >= 0.6 is 11.8 Å². The number of amidine groups is 1. The van der Waals surface area contributed by atoms with Gasteiger partial charge in [0.1, 0.15) is 15.8 Å². The SMILES string of the molecule is C#CCOc1cnc2c(Cc3cnc(F)c([C@@]4(C)N=C(N)S[C@]5(CO)[C@H]4C5(F)F)c3)nccc2n1. The van der Waals surface area contributed by atoms with Crippen molar-refractivity contribution in [2.24, 2.45) is 16.6 Å². The molecule has 3 N–H and O–H groups in total. The predicted molar refractivity (Wildman–Crippen MR) is 123 cm³/mol. The molecule has 0 bridgehead atoms. The minimum atomic E-state index is -3.29.